The van der Waals surface area contributed by atoms with Gasteiger partial charge in [0.15, 0.2) is 0 Å². The number of aliphatic hydroxyl groups excluding tert-OH is 1. The molecule has 1 aromatic carbocycles. The first-order chi connectivity index (χ1) is 11.4. The Balaban J connectivity index is 1.76. The van der Waals surface area contributed by atoms with Crippen LogP contribution in [0.5, 0.6) is 0 Å². The Morgan fingerprint density at radius 2 is 1.79 bits per heavy atom. The van der Waals surface area contributed by atoms with Gasteiger partial charge in [-0.1, -0.05) is 37.3 Å². The molecule has 0 aromatic heterocycles. The molecule has 4 nitrogen and oxygen atoms in total. The number of fused-ring (bicyclic) bond motifs is 2. The first-order valence-electron chi connectivity index (χ1n) is 9.15. The molecule has 1 N–H and O–H groups in total. The molecule has 0 radical (unpaired) electrons. The Labute approximate surface area is 145 Å². The van der Waals surface area contributed by atoms with Crippen molar-refractivity contribution in [1.82, 2.24) is 0 Å². The molecule has 1 unspecified atom stereocenters. The van der Waals surface area contributed by atoms with Crippen molar-refractivity contribution in [3.05, 3.63) is 35.9 Å². The maximum atomic E-state index is 13.0. The summed E-state index contributed by atoms with van der Waals surface area (Å²) in [6.45, 7) is 1.72. The number of carbonyl (C=O) groups is 1. The van der Waals surface area contributed by atoms with Crippen LogP contribution in [-0.2, 0) is 14.9 Å². The Kier molecular flexibility index (Phi) is 4.71. The van der Waals surface area contributed by atoms with Gasteiger partial charge in [-0.3, -0.25) is 4.79 Å². The lowest BCUT2D eigenvalue weighted by Gasteiger charge is -2.44. The van der Waals surface area contributed by atoms with Gasteiger partial charge in [-0.15, -0.1) is 0 Å². The average Bonchev–Trinajstić information content (AvgIpc) is 2.76. The standard InChI is InChI=1S/C20H30NO3/c1-4-20(14-22,15-8-6-5-7-9-15)19(23)24-18-12-16-10-11-17(13-18)21(16,2)3/h5-9,16-18,22H,4,10-14H2,1-3H3/q+1/t16-,17+,18?,20-/m0/s1. The third kappa shape index (κ3) is 2.76. The summed E-state index contributed by atoms with van der Waals surface area (Å²) in [4.78, 5) is 13.0. The third-order valence-corrected chi connectivity index (χ3v) is 6.65. The molecule has 2 heterocycles. The molecule has 2 fully saturated rings. The average molecular weight is 332 g/mol. The van der Waals surface area contributed by atoms with Gasteiger partial charge in [0.2, 0.25) is 0 Å². The smallest absolute Gasteiger partial charge is 0.319 e. The van der Waals surface area contributed by atoms with E-state index in [2.05, 4.69) is 14.1 Å². The predicted octanol–water partition coefficient (Wildman–Crippen LogP) is 2.64. The minimum absolute atomic E-state index is 0.0117. The number of rotatable bonds is 5. The number of carbonyl (C=O) groups excluding carboxylic acids is 1. The molecule has 132 valence electrons. The summed E-state index contributed by atoms with van der Waals surface area (Å²) in [5.41, 5.74) is -0.0998. The number of nitrogens with zero attached hydrogens (tertiary/aromatic N) is 1. The fraction of sp³-hybridized carbons (Fsp3) is 0.650. The monoisotopic (exact) mass is 332 g/mol. The van der Waals surface area contributed by atoms with Crippen LogP contribution >= 0.6 is 0 Å². The van der Waals surface area contributed by atoms with E-state index < -0.39 is 5.41 Å². The second-order valence-corrected chi connectivity index (χ2v) is 7.97. The number of esters is 1. The lowest BCUT2D eigenvalue weighted by atomic mass is 9.78. The minimum Gasteiger partial charge on any atom is -0.461 e. The molecule has 3 rings (SSSR count). The molecule has 0 aliphatic carbocycles. The molecule has 2 bridgehead atoms. The van der Waals surface area contributed by atoms with E-state index in [9.17, 15) is 9.90 Å². The highest BCUT2D eigenvalue weighted by molar-refractivity contribution is 5.83. The molecule has 0 spiro atoms. The van der Waals surface area contributed by atoms with E-state index in [1.165, 1.54) is 12.8 Å². The number of benzene rings is 1. The number of piperidine rings is 1. The Morgan fingerprint density at radius 1 is 1.21 bits per heavy atom. The van der Waals surface area contributed by atoms with Crippen LogP contribution in [0.4, 0.5) is 0 Å². The van der Waals surface area contributed by atoms with Gasteiger partial charge in [-0.05, 0) is 12.0 Å². The van der Waals surface area contributed by atoms with Gasteiger partial charge >= 0.3 is 5.97 Å². The quantitative estimate of drug-likeness (QED) is 0.666. The highest BCUT2D eigenvalue weighted by Gasteiger charge is 2.51. The Hall–Kier alpha value is -1.39. The summed E-state index contributed by atoms with van der Waals surface area (Å²) in [7, 11) is 4.60. The molecule has 2 aliphatic rings. The maximum absolute atomic E-state index is 13.0. The molecule has 1 aromatic rings. The fourth-order valence-corrected chi connectivity index (χ4v) is 4.68. The molecular weight excluding hydrogens is 302 g/mol. The van der Waals surface area contributed by atoms with Crippen molar-refractivity contribution in [2.24, 2.45) is 0 Å². The molecule has 24 heavy (non-hydrogen) atoms. The lowest BCUT2D eigenvalue weighted by Crippen LogP contribution is -2.56. The molecule has 2 aliphatic heterocycles. The summed E-state index contributed by atoms with van der Waals surface area (Å²) >= 11 is 0. The van der Waals surface area contributed by atoms with Crippen LogP contribution in [0.2, 0.25) is 0 Å². The van der Waals surface area contributed by atoms with Crippen molar-refractivity contribution in [2.45, 2.75) is 62.6 Å². The van der Waals surface area contributed by atoms with Crippen LogP contribution in [0.3, 0.4) is 0 Å². The number of aliphatic hydroxyl groups is 1. The normalized spacial score (nSPS) is 30.6. The zero-order valence-electron chi connectivity index (χ0n) is 15.1. The second kappa shape index (κ2) is 6.49. The second-order valence-electron chi connectivity index (χ2n) is 7.97. The first kappa shape index (κ1) is 17.4. The number of ether oxygens (including phenoxy) is 1. The van der Waals surface area contributed by atoms with Crippen molar-refractivity contribution in [2.75, 3.05) is 20.7 Å². The van der Waals surface area contributed by atoms with E-state index in [-0.39, 0.29) is 18.7 Å². The lowest BCUT2D eigenvalue weighted by molar-refractivity contribution is -0.931. The largest absolute Gasteiger partial charge is 0.461 e. The van der Waals surface area contributed by atoms with Crippen LogP contribution in [0.15, 0.2) is 30.3 Å². The summed E-state index contributed by atoms with van der Waals surface area (Å²) in [5.74, 6) is -0.268. The first-order valence-corrected chi connectivity index (χ1v) is 9.15. The van der Waals surface area contributed by atoms with Crippen LogP contribution in [0.1, 0.15) is 44.6 Å². The van der Waals surface area contributed by atoms with Crippen LogP contribution < -0.4 is 0 Å². The van der Waals surface area contributed by atoms with Crippen LogP contribution in [0.25, 0.3) is 0 Å². The summed E-state index contributed by atoms with van der Waals surface area (Å²) in [6, 6.07) is 10.7. The minimum atomic E-state index is -0.942. The van der Waals surface area contributed by atoms with E-state index in [1.54, 1.807) is 0 Å². The van der Waals surface area contributed by atoms with Gasteiger partial charge < -0.3 is 14.3 Å². The van der Waals surface area contributed by atoms with Crippen LogP contribution in [0, 0.1) is 0 Å². The molecule has 4 atom stereocenters. The molecular formula is C20H30NO3+. The Bertz CT molecular complexity index is 564. The summed E-state index contributed by atoms with van der Waals surface area (Å²) in [5, 5.41) is 10.0. The summed E-state index contributed by atoms with van der Waals surface area (Å²) < 4.78 is 7.02. The van der Waals surface area contributed by atoms with Crippen molar-refractivity contribution in [3.8, 4) is 0 Å². The maximum Gasteiger partial charge on any atom is 0.319 e. The van der Waals surface area contributed by atoms with E-state index in [1.807, 2.05) is 37.3 Å². The van der Waals surface area contributed by atoms with Gasteiger partial charge in [-0.2, -0.15) is 0 Å². The topological polar surface area (TPSA) is 46.5 Å². The highest BCUT2D eigenvalue weighted by Crippen LogP contribution is 2.41. The summed E-state index contributed by atoms with van der Waals surface area (Å²) in [6.07, 6.45) is 4.85. The predicted molar refractivity (Wildman–Crippen MR) is 93.5 cm³/mol. The van der Waals surface area contributed by atoms with Gasteiger partial charge in [0.25, 0.3) is 0 Å². The molecule has 0 saturated carbocycles. The van der Waals surface area contributed by atoms with E-state index in [4.69, 9.17) is 4.74 Å². The highest BCUT2D eigenvalue weighted by atomic mass is 16.5. The SMILES string of the molecule is CC[C@@](CO)(C(=O)OC1C[C@H]2CC[C@@H](C1)[N+]2(C)C)c1ccccc1. The van der Waals surface area contributed by atoms with E-state index in [0.717, 1.165) is 22.9 Å². The Morgan fingerprint density at radius 3 is 2.29 bits per heavy atom. The number of hydrogen-bond donors (Lipinski definition) is 1. The zero-order chi connectivity index (χ0) is 17.4. The van der Waals surface area contributed by atoms with Gasteiger partial charge in [-0.25, -0.2) is 0 Å². The van der Waals surface area contributed by atoms with E-state index in [0.29, 0.717) is 18.5 Å². The van der Waals surface area contributed by atoms with Crippen molar-refractivity contribution in [3.63, 3.8) is 0 Å². The van der Waals surface area contributed by atoms with E-state index >= 15 is 0 Å². The zero-order valence-corrected chi connectivity index (χ0v) is 15.1. The van der Waals surface area contributed by atoms with Gasteiger partial charge in [0.05, 0.1) is 32.8 Å². The third-order valence-electron chi connectivity index (χ3n) is 6.65. The van der Waals surface area contributed by atoms with Crippen LogP contribution in [-0.4, -0.2) is 54.4 Å². The molecule has 2 saturated heterocycles. The molecule has 4 heteroatoms. The van der Waals surface area contributed by atoms with Crippen molar-refractivity contribution in [1.29, 1.82) is 0 Å². The molecule has 0 amide bonds. The number of quaternary nitrogens is 1. The number of hydrogen-bond acceptors (Lipinski definition) is 3. The van der Waals surface area contributed by atoms with Gasteiger partial charge in [0.1, 0.15) is 11.5 Å². The van der Waals surface area contributed by atoms with Crippen molar-refractivity contribution < 1.29 is 19.1 Å². The van der Waals surface area contributed by atoms with Gasteiger partial charge in [0, 0.05) is 25.7 Å². The van der Waals surface area contributed by atoms with Crippen molar-refractivity contribution >= 4 is 5.97 Å². The fourth-order valence-electron chi connectivity index (χ4n) is 4.68.